The standard InChI is InChI=1S/C28H28N4O4/c1-28(2,3)18-15-21(26(29)33)25(35-4)22(16-18)31-27(34)32-24-20-8-6-5-7-17(20)9-10-23(24)36-19-11-13-30-14-12-19/h5-16H,1-4H3,(H2,29,33)(H2,31,32,34). The van der Waals surface area contributed by atoms with Gasteiger partial charge in [-0.1, -0.05) is 51.1 Å². The van der Waals surface area contributed by atoms with Gasteiger partial charge in [0.05, 0.1) is 24.0 Å². The zero-order valence-corrected chi connectivity index (χ0v) is 20.6. The summed E-state index contributed by atoms with van der Waals surface area (Å²) >= 11 is 0. The van der Waals surface area contributed by atoms with Crippen LogP contribution in [-0.4, -0.2) is 24.0 Å². The number of hydrogen-bond acceptors (Lipinski definition) is 5. The fourth-order valence-corrected chi connectivity index (χ4v) is 3.82. The van der Waals surface area contributed by atoms with E-state index in [0.29, 0.717) is 22.9 Å². The number of carbonyl (C=O) groups excluding carboxylic acids is 2. The van der Waals surface area contributed by atoms with Crippen molar-refractivity contribution in [3.63, 3.8) is 0 Å². The molecule has 4 rings (SSSR count). The third-order valence-corrected chi connectivity index (χ3v) is 5.68. The molecule has 4 N–H and O–H groups in total. The molecule has 0 atom stereocenters. The van der Waals surface area contributed by atoms with E-state index >= 15 is 0 Å². The maximum absolute atomic E-state index is 13.3. The minimum atomic E-state index is -0.650. The normalized spacial score (nSPS) is 11.1. The number of amides is 3. The van der Waals surface area contributed by atoms with Gasteiger partial charge in [-0.2, -0.15) is 0 Å². The number of methoxy groups -OCH3 is 1. The van der Waals surface area contributed by atoms with Gasteiger partial charge in [-0.25, -0.2) is 4.79 Å². The maximum Gasteiger partial charge on any atom is 0.323 e. The zero-order chi connectivity index (χ0) is 25.9. The number of primary amides is 1. The molecule has 3 aromatic carbocycles. The highest BCUT2D eigenvalue weighted by molar-refractivity contribution is 6.09. The third-order valence-electron chi connectivity index (χ3n) is 5.68. The van der Waals surface area contributed by atoms with Gasteiger partial charge in [-0.15, -0.1) is 0 Å². The number of carbonyl (C=O) groups is 2. The number of hydrogen-bond donors (Lipinski definition) is 3. The first-order chi connectivity index (χ1) is 17.2. The van der Waals surface area contributed by atoms with Gasteiger partial charge in [0, 0.05) is 17.8 Å². The second-order valence-electron chi connectivity index (χ2n) is 9.24. The lowest BCUT2D eigenvalue weighted by Gasteiger charge is -2.23. The van der Waals surface area contributed by atoms with E-state index in [9.17, 15) is 9.59 Å². The van der Waals surface area contributed by atoms with E-state index in [2.05, 4.69) is 15.6 Å². The van der Waals surface area contributed by atoms with E-state index in [1.165, 1.54) is 7.11 Å². The highest BCUT2D eigenvalue weighted by atomic mass is 16.5. The van der Waals surface area contributed by atoms with Crippen molar-refractivity contribution < 1.29 is 19.1 Å². The molecule has 1 heterocycles. The van der Waals surface area contributed by atoms with Crippen molar-refractivity contribution in [1.82, 2.24) is 4.98 Å². The highest BCUT2D eigenvalue weighted by Crippen LogP contribution is 2.38. The minimum absolute atomic E-state index is 0.187. The molecule has 36 heavy (non-hydrogen) atoms. The van der Waals surface area contributed by atoms with Crippen molar-refractivity contribution >= 4 is 34.1 Å². The molecular weight excluding hydrogens is 456 g/mol. The lowest BCUT2D eigenvalue weighted by Crippen LogP contribution is -2.23. The molecule has 0 fully saturated rings. The number of fused-ring (bicyclic) bond motifs is 1. The van der Waals surface area contributed by atoms with Crippen molar-refractivity contribution in [3.05, 3.63) is 84.2 Å². The number of nitrogens with one attached hydrogen (secondary N) is 2. The fourth-order valence-electron chi connectivity index (χ4n) is 3.82. The van der Waals surface area contributed by atoms with Crippen molar-refractivity contribution in [2.75, 3.05) is 17.7 Å². The summed E-state index contributed by atoms with van der Waals surface area (Å²) < 4.78 is 11.5. The van der Waals surface area contributed by atoms with Crippen LogP contribution in [-0.2, 0) is 5.41 Å². The van der Waals surface area contributed by atoms with Gasteiger partial charge in [-0.3, -0.25) is 9.78 Å². The minimum Gasteiger partial charge on any atom is -0.494 e. The first-order valence-corrected chi connectivity index (χ1v) is 11.4. The molecule has 184 valence electrons. The molecule has 3 amide bonds. The Morgan fingerprint density at radius 3 is 2.33 bits per heavy atom. The Morgan fingerprint density at radius 2 is 1.67 bits per heavy atom. The van der Waals surface area contributed by atoms with Crippen molar-refractivity contribution in [2.45, 2.75) is 26.2 Å². The number of benzene rings is 3. The monoisotopic (exact) mass is 484 g/mol. The van der Waals surface area contributed by atoms with Crippen LogP contribution < -0.4 is 25.8 Å². The molecule has 0 unspecified atom stereocenters. The van der Waals surface area contributed by atoms with E-state index in [1.54, 1.807) is 42.7 Å². The summed E-state index contributed by atoms with van der Waals surface area (Å²) in [5.41, 5.74) is 7.13. The predicted octanol–water partition coefficient (Wildman–Crippen LogP) is 6.08. The lowest BCUT2D eigenvalue weighted by molar-refractivity contribution is 0.0997. The van der Waals surface area contributed by atoms with Gasteiger partial charge in [0.15, 0.2) is 11.5 Å². The predicted molar refractivity (Wildman–Crippen MR) is 141 cm³/mol. The average molecular weight is 485 g/mol. The van der Waals surface area contributed by atoms with E-state index < -0.39 is 11.9 Å². The Bertz CT molecular complexity index is 1430. The maximum atomic E-state index is 13.3. The molecule has 8 heteroatoms. The summed E-state index contributed by atoms with van der Waals surface area (Å²) in [6, 6.07) is 17.8. The van der Waals surface area contributed by atoms with Crippen LogP contribution in [0.25, 0.3) is 10.8 Å². The number of ether oxygens (including phenoxy) is 2. The molecule has 4 aromatic rings. The topological polar surface area (TPSA) is 116 Å². The van der Waals surface area contributed by atoms with Gasteiger partial charge in [0.1, 0.15) is 5.75 Å². The Morgan fingerprint density at radius 1 is 0.944 bits per heavy atom. The van der Waals surface area contributed by atoms with Crippen molar-refractivity contribution in [2.24, 2.45) is 5.73 Å². The number of aromatic nitrogens is 1. The quantitative estimate of drug-likeness (QED) is 0.307. The number of anilines is 2. The van der Waals surface area contributed by atoms with Crippen LogP contribution in [0.15, 0.2) is 73.1 Å². The Balaban J connectivity index is 1.73. The average Bonchev–Trinajstić information content (AvgIpc) is 2.85. The molecule has 0 aliphatic rings. The Labute approximate surface area is 209 Å². The molecule has 1 aromatic heterocycles. The van der Waals surface area contributed by atoms with Crippen LogP contribution in [0.2, 0.25) is 0 Å². The lowest BCUT2D eigenvalue weighted by atomic mass is 9.85. The van der Waals surface area contributed by atoms with Crippen LogP contribution in [0.3, 0.4) is 0 Å². The Hall–Kier alpha value is -4.59. The van der Waals surface area contributed by atoms with Gasteiger partial charge in [0.25, 0.3) is 5.91 Å². The summed E-state index contributed by atoms with van der Waals surface area (Å²) in [7, 11) is 1.42. The highest BCUT2D eigenvalue weighted by Gasteiger charge is 2.23. The molecule has 0 bridgehead atoms. The first kappa shape index (κ1) is 24.5. The molecule has 0 saturated carbocycles. The summed E-state index contributed by atoms with van der Waals surface area (Å²) in [4.78, 5) is 29.4. The first-order valence-electron chi connectivity index (χ1n) is 11.4. The van der Waals surface area contributed by atoms with E-state index in [1.807, 2.05) is 51.1 Å². The van der Waals surface area contributed by atoms with Crippen molar-refractivity contribution in [1.29, 1.82) is 0 Å². The number of nitrogens with zero attached hydrogens (tertiary/aromatic N) is 1. The molecule has 0 radical (unpaired) electrons. The molecule has 8 nitrogen and oxygen atoms in total. The summed E-state index contributed by atoms with van der Waals surface area (Å²) in [6.45, 7) is 6.01. The molecular formula is C28H28N4O4. The van der Waals surface area contributed by atoms with E-state index in [0.717, 1.165) is 16.3 Å². The van der Waals surface area contributed by atoms with Crippen LogP contribution in [0, 0.1) is 0 Å². The zero-order valence-electron chi connectivity index (χ0n) is 20.6. The van der Waals surface area contributed by atoms with Crippen LogP contribution >= 0.6 is 0 Å². The fraction of sp³-hybridized carbons (Fsp3) is 0.179. The van der Waals surface area contributed by atoms with Crippen LogP contribution in [0.1, 0.15) is 36.7 Å². The third kappa shape index (κ3) is 5.22. The summed E-state index contributed by atoms with van der Waals surface area (Å²) in [5, 5.41) is 7.47. The van der Waals surface area contributed by atoms with Gasteiger partial charge in [0.2, 0.25) is 0 Å². The molecule has 0 saturated heterocycles. The van der Waals surface area contributed by atoms with Crippen molar-refractivity contribution in [3.8, 4) is 17.2 Å². The second-order valence-corrected chi connectivity index (χ2v) is 9.24. The second kappa shape index (κ2) is 9.95. The largest absolute Gasteiger partial charge is 0.494 e. The SMILES string of the molecule is COc1c(NC(=O)Nc2c(Oc3ccncc3)ccc3ccccc23)cc(C(C)(C)C)cc1C(N)=O. The molecule has 0 aliphatic carbocycles. The smallest absolute Gasteiger partial charge is 0.323 e. The molecule has 0 aliphatic heterocycles. The van der Waals surface area contributed by atoms with Crippen LogP contribution in [0.5, 0.6) is 17.2 Å². The molecule has 0 spiro atoms. The number of urea groups is 1. The van der Waals surface area contributed by atoms with Gasteiger partial charge < -0.3 is 25.8 Å². The van der Waals surface area contributed by atoms with Gasteiger partial charge >= 0.3 is 6.03 Å². The Kier molecular flexibility index (Phi) is 6.78. The number of pyridine rings is 1. The number of nitrogens with two attached hydrogens (primary N) is 1. The van der Waals surface area contributed by atoms with Crippen LogP contribution in [0.4, 0.5) is 16.2 Å². The van der Waals surface area contributed by atoms with E-state index in [-0.39, 0.29) is 16.7 Å². The number of rotatable bonds is 6. The van der Waals surface area contributed by atoms with Gasteiger partial charge in [-0.05, 0) is 46.7 Å². The van der Waals surface area contributed by atoms with E-state index in [4.69, 9.17) is 15.2 Å². The summed E-state index contributed by atoms with van der Waals surface area (Å²) in [6.07, 6.45) is 3.25. The summed E-state index contributed by atoms with van der Waals surface area (Å²) in [5.74, 6) is 0.581.